The Labute approximate surface area is 194 Å². The van der Waals surface area contributed by atoms with Crippen molar-refractivity contribution in [3.05, 3.63) is 66.5 Å². The molecule has 1 fully saturated rings. The van der Waals surface area contributed by atoms with Crippen molar-refractivity contribution < 1.29 is 9.53 Å². The zero-order chi connectivity index (χ0) is 23.0. The number of nitrogens with one attached hydrogen (secondary N) is 3. The van der Waals surface area contributed by atoms with Gasteiger partial charge >= 0.3 is 6.09 Å². The van der Waals surface area contributed by atoms with Gasteiger partial charge in [0.25, 0.3) is 0 Å². The molecule has 0 saturated carbocycles. The molecular weight excluding hydrogens is 416 g/mol. The molecular formula is C25H30N6O2. The lowest BCUT2D eigenvalue weighted by molar-refractivity contribution is 0.0716. The molecule has 1 atom stereocenters. The van der Waals surface area contributed by atoms with Crippen molar-refractivity contribution in [3.63, 3.8) is 0 Å². The number of piperidine rings is 1. The minimum Gasteiger partial charge on any atom is -0.430 e. The Morgan fingerprint density at radius 1 is 1.09 bits per heavy atom. The van der Waals surface area contributed by atoms with E-state index in [1.807, 2.05) is 42.5 Å². The molecule has 33 heavy (non-hydrogen) atoms. The van der Waals surface area contributed by atoms with Gasteiger partial charge in [-0.1, -0.05) is 18.2 Å². The fourth-order valence-corrected chi connectivity index (χ4v) is 3.76. The van der Waals surface area contributed by atoms with Gasteiger partial charge in [0.05, 0.1) is 5.69 Å². The smallest absolute Gasteiger partial charge is 0.413 e. The van der Waals surface area contributed by atoms with Crippen molar-refractivity contribution in [1.29, 1.82) is 0 Å². The van der Waals surface area contributed by atoms with Gasteiger partial charge in [-0.3, -0.25) is 10.6 Å². The van der Waals surface area contributed by atoms with Crippen LogP contribution in [0.25, 0.3) is 11.3 Å². The summed E-state index contributed by atoms with van der Waals surface area (Å²) in [6.07, 6.45) is 3.92. The van der Waals surface area contributed by atoms with Crippen molar-refractivity contribution >= 4 is 23.3 Å². The zero-order valence-corrected chi connectivity index (χ0v) is 19.0. The van der Waals surface area contributed by atoms with Gasteiger partial charge in [-0.25, -0.2) is 14.8 Å². The summed E-state index contributed by atoms with van der Waals surface area (Å²) in [4.78, 5) is 23.0. The highest BCUT2D eigenvalue weighted by molar-refractivity contribution is 5.85. The van der Waals surface area contributed by atoms with E-state index in [0.29, 0.717) is 11.5 Å². The summed E-state index contributed by atoms with van der Waals surface area (Å²) in [6, 6.07) is 17.7. The van der Waals surface area contributed by atoms with Gasteiger partial charge < -0.3 is 15.0 Å². The van der Waals surface area contributed by atoms with Crippen LogP contribution in [0.3, 0.4) is 0 Å². The second kappa shape index (κ2) is 10.9. The number of rotatable bonds is 7. The maximum atomic E-state index is 12.1. The molecule has 8 heteroatoms. The number of hydrogen-bond acceptors (Lipinski definition) is 7. The first kappa shape index (κ1) is 22.7. The van der Waals surface area contributed by atoms with E-state index in [0.717, 1.165) is 49.3 Å². The van der Waals surface area contributed by atoms with E-state index in [9.17, 15) is 4.79 Å². The number of ether oxygens (including phenoxy) is 1. The molecule has 3 aromatic rings. The first-order chi connectivity index (χ1) is 16.0. The number of amides is 1. The predicted molar refractivity (Wildman–Crippen MR) is 130 cm³/mol. The molecule has 0 radical (unpaired) electrons. The molecule has 0 aliphatic carbocycles. The Hall–Kier alpha value is -3.49. The van der Waals surface area contributed by atoms with Gasteiger partial charge in [0, 0.05) is 29.5 Å². The van der Waals surface area contributed by atoms with E-state index < -0.39 is 6.09 Å². The Morgan fingerprint density at radius 2 is 1.91 bits per heavy atom. The van der Waals surface area contributed by atoms with Crippen molar-refractivity contribution in [1.82, 2.24) is 20.2 Å². The Morgan fingerprint density at radius 3 is 2.67 bits per heavy atom. The van der Waals surface area contributed by atoms with Crippen LogP contribution < -0.4 is 16.0 Å². The molecule has 1 aromatic heterocycles. The maximum Gasteiger partial charge on any atom is 0.413 e. The second-order valence-electron chi connectivity index (χ2n) is 8.40. The van der Waals surface area contributed by atoms with Crippen LogP contribution in [0, 0.1) is 0 Å². The summed E-state index contributed by atoms with van der Waals surface area (Å²) < 4.78 is 5.41. The van der Waals surface area contributed by atoms with Crippen molar-refractivity contribution in [2.24, 2.45) is 0 Å². The molecule has 0 unspecified atom stereocenters. The van der Waals surface area contributed by atoms with E-state index in [1.165, 1.54) is 5.56 Å². The van der Waals surface area contributed by atoms with Crippen molar-refractivity contribution in [2.45, 2.75) is 32.0 Å². The molecule has 1 aliphatic rings. The topological polar surface area (TPSA) is 91.4 Å². The minimum atomic E-state index is -0.452. The van der Waals surface area contributed by atoms with E-state index >= 15 is 0 Å². The predicted octanol–water partition coefficient (Wildman–Crippen LogP) is 4.60. The molecule has 8 nitrogen and oxygen atoms in total. The molecule has 172 valence electrons. The summed E-state index contributed by atoms with van der Waals surface area (Å²) in [5.41, 5.74) is 4.65. The van der Waals surface area contributed by atoms with Gasteiger partial charge in [0.1, 0.15) is 12.1 Å². The SMILES string of the molecule is CN(C)Cc1cccc(-c2cc(Nc3ccc(NC(=O)O[C@H]4CCCCN4)cc3)ncn2)c1. The molecule has 3 N–H and O–H groups in total. The lowest BCUT2D eigenvalue weighted by Crippen LogP contribution is -2.38. The van der Waals surface area contributed by atoms with E-state index in [2.05, 4.69) is 57.0 Å². The van der Waals surface area contributed by atoms with Gasteiger partial charge in [0.2, 0.25) is 0 Å². The van der Waals surface area contributed by atoms with Crippen LogP contribution in [0.1, 0.15) is 24.8 Å². The van der Waals surface area contributed by atoms with Crippen molar-refractivity contribution in [3.8, 4) is 11.3 Å². The highest BCUT2D eigenvalue weighted by Crippen LogP contribution is 2.23. The third kappa shape index (κ3) is 6.74. The number of carbonyl (C=O) groups is 1. The number of hydrogen-bond donors (Lipinski definition) is 3. The van der Waals surface area contributed by atoms with Crippen LogP contribution in [0.4, 0.5) is 22.0 Å². The zero-order valence-electron chi connectivity index (χ0n) is 19.0. The van der Waals surface area contributed by atoms with E-state index in [1.54, 1.807) is 6.33 Å². The molecule has 1 saturated heterocycles. The number of anilines is 3. The highest BCUT2D eigenvalue weighted by atomic mass is 16.6. The normalized spacial score (nSPS) is 15.8. The van der Waals surface area contributed by atoms with Crippen LogP contribution in [-0.4, -0.2) is 47.8 Å². The largest absolute Gasteiger partial charge is 0.430 e. The first-order valence-corrected chi connectivity index (χ1v) is 11.2. The fourth-order valence-electron chi connectivity index (χ4n) is 3.76. The van der Waals surface area contributed by atoms with Crippen LogP contribution in [0.2, 0.25) is 0 Å². The van der Waals surface area contributed by atoms with Gasteiger partial charge in [0.15, 0.2) is 6.23 Å². The molecule has 2 heterocycles. The number of carbonyl (C=O) groups excluding carboxylic acids is 1. The van der Waals surface area contributed by atoms with E-state index in [-0.39, 0.29) is 6.23 Å². The van der Waals surface area contributed by atoms with Gasteiger partial charge in [-0.2, -0.15) is 0 Å². The van der Waals surface area contributed by atoms with Gasteiger partial charge in [-0.05, 0) is 75.8 Å². The Bertz CT molecular complexity index is 1060. The maximum absolute atomic E-state index is 12.1. The number of benzene rings is 2. The van der Waals surface area contributed by atoms with Crippen LogP contribution in [-0.2, 0) is 11.3 Å². The molecule has 2 aromatic carbocycles. The number of aromatic nitrogens is 2. The van der Waals surface area contributed by atoms with Crippen LogP contribution in [0.15, 0.2) is 60.9 Å². The summed E-state index contributed by atoms with van der Waals surface area (Å²) in [5.74, 6) is 0.696. The van der Waals surface area contributed by atoms with Gasteiger partial charge in [-0.15, -0.1) is 0 Å². The average Bonchev–Trinajstić information content (AvgIpc) is 2.81. The number of nitrogens with zero attached hydrogens (tertiary/aromatic N) is 3. The third-order valence-corrected chi connectivity index (χ3v) is 5.31. The minimum absolute atomic E-state index is 0.213. The summed E-state index contributed by atoms with van der Waals surface area (Å²) >= 11 is 0. The molecule has 1 amide bonds. The van der Waals surface area contributed by atoms with Crippen LogP contribution in [0.5, 0.6) is 0 Å². The average molecular weight is 447 g/mol. The monoisotopic (exact) mass is 446 g/mol. The molecule has 4 rings (SSSR count). The lowest BCUT2D eigenvalue weighted by atomic mass is 10.1. The third-order valence-electron chi connectivity index (χ3n) is 5.31. The van der Waals surface area contributed by atoms with Crippen molar-refractivity contribution in [2.75, 3.05) is 31.3 Å². The Balaban J connectivity index is 1.37. The standard InChI is InChI=1S/C25H30N6O2/c1-31(2)16-18-6-5-7-19(14-18)22-15-23(28-17-27-22)29-20-9-11-21(12-10-20)30-25(32)33-24-8-3-4-13-26-24/h5-7,9-12,14-15,17,24,26H,3-4,8,13,16H2,1-2H3,(H,30,32)(H,27,28,29)/t24-/m0/s1. The lowest BCUT2D eigenvalue weighted by Gasteiger charge is -2.23. The molecule has 0 bridgehead atoms. The fraction of sp³-hybridized carbons (Fsp3) is 0.320. The summed E-state index contributed by atoms with van der Waals surface area (Å²) in [7, 11) is 4.11. The Kier molecular flexibility index (Phi) is 7.49. The quantitative estimate of drug-likeness (QED) is 0.489. The first-order valence-electron chi connectivity index (χ1n) is 11.2. The van der Waals surface area contributed by atoms with Crippen LogP contribution >= 0.6 is 0 Å². The second-order valence-corrected chi connectivity index (χ2v) is 8.40. The highest BCUT2D eigenvalue weighted by Gasteiger charge is 2.16. The molecule has 0 spiro atoms. The molecule has 1 aliphatic heterocycles. The summed E-state index contributed by atoms with van der Waals surface area (Å²) in [6.45, 7) is 1.75. The summed E-state index contributed by atoms with van der Waals surface area (Å²) in [5, 5.41) is 9.26. The van der Waals surface area contributed by atoms with E-state index in [4.69, 9.17) is 4.74 Å².